The van der Waals surface area contributed by atoms with Gasteiger partial charge in [0.1, 0.15) is 17.4 Å². The normalized spacial score (nSPS) is 10.6. The Bertz CT molecular complexity index is 1220. The summed E-state index contributed by atoms with van der Waals surface area (Å²) in [6, 6.07) is 30.8. The fraction of sp³-hybridized carbons (Fsp3) is 0. The van der Waals surface area contributed by atoms with Gasteiger partial charge in [0.2, 0.25) is 5.88 Å². The molecule has 0 saturated carbocycles. The summed E-state index contributed by atoms with van der Waals surface area (Å²) in [5, 5.41) is 12.6. The molecule has 1 heterocycles. The van der Waals surface area contributed by atoms with Crippen LogP contribution < -0.4 is 5.32 Å². The van der Waals surface area contributed by atoms with E-state index in [0.29, 0.717) is 16.9 Å². The van der Waals surface area contributed by atoms with Gasteiger partial charge in [-0.25, -0.2) is 0 Å². The van der Waals surface area contributed by atoms with Crippen LogP contribution in [0.1, 0.15) is 11.1 Å². The summed E-state index contributed by atoms with van der Waals surface area (Å²) in [6.07, 6.45) is 3.13. The first-order valence-corrected chi connectivity index (χ1v) is 9.48. The maximum Gasteiger partial charge on any atom is 0.250 e. The Labute approximate surface area is 174 Å². The van der Waals surface area contributed by atoms with E-state index in [-0.39, 0.29) is 11.8 Å². The summed E-state index contributed by atoms with van der Waals surface area (Å²) >= 11 is 0. The molecule has 144 valence electrons. The number of nitrogens with zero attached hydrogens (tertiary/aromatic N) is 1. The number of anilines is 1. The van der Waals surface area contributed by atoms with Crippen molar-refractivity contribution < 1.29 is 9.21 Å². The van der Waals surface area contributed by atoms with Crippen molar-refractivity contribution in [1.82, 2.24) is 0 Å². The Kier molecular flexibility index (Phi) is 5.54. The summed E-state index contributed by atoms with van der Waals surface area (Å²) < 4.78 is 6.01. The Balaban J connectivity index is 1.74. The monoisotopic (exact) mass is 390 g/mol. The minimum atomic E-state index is -0.372. The van der Waals surface area contributed by atoms with Gasteiger partial charge in [0.05, 0.1) is 0 Å². The zero-order valence-corrected chi connectivity index (χ0v) is 16.1. The van der Waals surface area contributed by atoms with E-state index < -0.39 is 0 Å². The zero-order chi connectivity index (χ0) is 20.8. The fourth-order valence-corrected chi connectivity index (χ4v) is 3.19. The van der Waals surface area contributed by atoms with Crippen LogP contribution >= 0.6 is 0 Å². The summed E-state index contributed by atoms with van der Waals surface area (Å²) in [5.41, 5.74) is 3.53. The van der Waals surface area contributed by atoms with E-state index in [1.165, 1.54) is 6.08 Å². The van der Waals surface area contributed by atoms with Crippen molar-refractivity contribution in [3.8, 4) is 28.5 Å². The highest BCUT2D eigenvalue weighted by atomic mass is 16.4. The van der Waals surface area contributed by atoms with Gasteiger partial charge < -0.3 is 4.42 Å². The van der Waals surface area contributed by atoms with Crippen LogP contribution in [0.4, 0.5) is 5.88 Å². The quantitative estimate of drug-likeness (QED) is 0.416. The average Bonchev–Trinajstić information content (AvgIpc) is 3.17. The van der Waals surface area contributed by atoms with E-state index in [0.717, 1.165) is 16.7 Å². The molecule has 4 aromatic rings. The molecule has 0 spiro atoms. The van der Waals surface area contributed by atoms with Crippen LogP contribution in [0, 0.1) is 11.3 Å². The number of hydrogen-bond acceptors (Lipinski definition) is 3. The van der Waals surface area contributed by atoms with Gasteiger partial charge in [0.25, 0.3) is 5.91 Å². The minimum Gasteiger partial charge on any atom is -0.438 e. The van der Waals surface area contributed by atoms with Crippen LogP contribution in [0.5, 0.6) is 0 Å². The summed E-state index contributed by atoms with van der Waals surface area (Å²) in [6.45, 7) is 0. The first-order valence-electron chi connectivity index (χ1n) is 9.48. The fourth-order valence-electron chi connectivity index (χ4n) is 3.19. The van der Waals surface area contributed by atoms with Gasteiger partial charge >= 0.3 is 0 Å². The van der Waals surface area contributed by atoms with Crippen LogP contribution in [0.2, 0.25) is 0 Å². The molecule has 1 aromatic heterocycles. The third-order valence-electron chi connectivity index (χ3n) is 4.58. The maximum atomic E-state index is 12.5. The van der Waals surface area contributed by atoms with Crippen LogP contribution in [-0.4, -0.2) is 5.91 Å². The molecule has 0 unspecified atom stereocenters. The number of benzene rings is 3. The molecule has 0 saturated heterocycles. The molecular formula is C26H18N2O2. The van der Waals surface area contributed by atoms with Crippen molar-refractivity contribution in [3.05, 3.63) is 108 Å². The third-order valence-corrected chi connectivity index (χ3v) is 4.58. The molecular weight excluding hydrogens is 372 g/mol. The molecule has 0 atom stereocenters. The Hall–Kier alpha value is -4.36. The van der Waals surface area contributed by atoms with Crippen molar-refractivity contribution in [2.75, 3.05) is 5.32 Å². The number of nitriles is 1. The van der Waals surface area contributed by atoms with Crippen molar-refractivity contribution in [3.63, 3.8) is 0 Å². The molecule has 1 amide bonds. The number of carbonyl (C=O) groups is 1. The van der Waals surface area contributed by atoms with Crippen LogP contribution in [0.3, 0.4) is 0 Å². The second-order valence-electron chi connectivity index (χ2n) is 6.59. The predicted octanol–water partition coefficient (Wildman–Crippen LogP) is 6.14. The van der Waals surface area contributed by atoms with Crippen molar-refractivity contribution >= 4 is 17.9 Å². The van der Waals surface area contributed by atoms with E-state index in [9.17, 15) is 10.1 Å². The molecule has 4 nitrogen and oxygen atoms in total. The number of carbonyl (C=O) groups excluding carboxylic acids is 1. The van der Waals surface area contributed by atoms with E-state index in [2.05, 4.69) is 11.4 Å². The predicted molar refractivity (Wildman–Crippen MR) is 118 cm³/mol. The smallest absolute Gasteiger partial charge is 0.250 e. The van der Waals surface area contributed by atoms with Gasteiger partial charge in [-0.3, -0.25) is 10.1 Å². The molecule has 0 aliphatic heterocycles. The standard InChI is InChI=1S/C26H18N2O2/c27-18-22-24(20-12-6-2-7-13-20)25(21-14-8-3-9-15-21)30-26(22)28-23(29)17-16-19-10-4-1-5-11-19/h1-17H,(H,28,29)/b17-16-. The third kappa shape index (κ3) is 4.06. The van der Waals surface area contributed by atoms with Crippen molar-refractivity contribution in [1.29, 1.82) is 5.26 Å². The molecule has 0 aliphatic carbocycles. The van der Waals surface area contributed by atoms with Gasteiger partial charge in [-0.1, -0.05) is 91.0 Å². The van der Waals surface area contributed by atoms with Gasteiger partial charge in [0.15, 0.2) is 0 Å². The highest BCUT2D eigenvalue weighted by Crippen LogP contribution is 2.41. The lowest BCUT2D eigenvalue weighted by Gasteiger charge is -2.03. The number of amides is 1. The minimum absolute atomic E-state index is 0.137. The Morgan fingerprint density at radius 2 is 1.40 bits per heavy atom. The first kappa shape index (κ1) is 19.0. The summed E-state index contributed by atoms with van der Waals surface area (Å²) in [5.74, 6) is 0.307. The largest absolute Gasteiger partial charge is 0.438 e. The Morgan fingerprint density at radius 3 is 2.00 bits per heavy atom. The molecule has 3 aromatic carbocycles. The molecule has 0 bridgehead atoms. The molecule has 0 radical (unpaired) electrons. The van der Waals surface area contributed by atoms with E-state index >= 15 is 0 Å². The van der Waals surface area contributed by atoms with Gasteiger partial charge in [0, 0.05) is 17.2 Å². The van der Waals surface area contributed by atoms with E-state index in [1.807, 2.05) is 91.0 Å². The van der Waals surface area contributed by atoms with Crippen LogP contribution in [0.25, 0.3) is 28.5 Å². The number of rotatable bonds is 5. The topological polar surface area (TPSA) is 66.0 Å². The number of nitrogens with one attached hydrogen (secondary N) is 1. The molecule has 1 N–H and O–H groups in total. The summed E-state index contributed by atoms with van der Waals surface area (Å²) in [4.78, 5) is 12.5. The lowest BCUT2D eigenvalue weighted by atomic mass is 9.98. The lowest BCUT2D eigenvalue weighted by Crippen LogP contribution is -2.08. The molecule has 0 aliphatic rings. The molecule has 30 heavy (non-hydrogen) atoms. The highest BCUT2D eigenvalue weighted by Gasteiger charge is 2.23. The SMILES string of the molecule is N#Cc1c(NC(=O)/C=C\c2ccccc2)oc(-c2ccccc2)c1-c1ccccc1. The zero-order valence-electron chi connectivity index (χ0n) is 16.1. The lowest BCUT2D eigenvalue weighted by molar-refractivity contribution is -0.111. The van der Waals surface area contributed by atoms with Gasteiger partial charge in [-0.2, -0.15) is 5.26 Å². The number of furan rings is 1. The van der Waals surface area contributed by atoms with Gasteiger partial charge in [-0.15, -0.1) is 0 Å². The van der Waals surface area contributed by atoms with Crippen LogP contribution in [-0.2, 0) is 4.79 Å². The Morgan fingerprint density at radius 1 is 0.833 bits per heavy atom. The highest BCUT2D eigenvalue weighted by molar-refractivity contribution is 6.03. The van der Waals surface area contributed by atoms with Crippen LogP contribution in [0.15, 0.2) is 101 Å². The van der Waals surface area contributed by atoms with Crippen molar-refractivity contribution in [2.24, 2.45) is 0 Å². The molecule has 0 fully saturated rings. The second kappa shape index (κ2) is 8.76. The average molecular weight is 390 g/mol. The van der Waals surface area contributed by atoms with Gasteiger partial charge in [-0.05, 0) is 17.2 Å². The molecule has 4 rings (SSSR count). The second-order valence-corrected chi connectivity index (χ2v) is 6.59. The summed E-state index contributed by atoms with van der Waals surface area (Å²) in [7, 11) is 0. The van der Waals surface area contributed by atoms with E-state index in [4.69, 9.17) is 4.42 Å². The number of hydrogen-bond donors (Lipinski definition) is 1. The van der Waals surface area contributed by atoms with E-state index in [1.54, 1.807) is 6.08 Å². The maximum absolute atomic E-state index is 12.5. The first-order chi connectivity index (χ1) is 14.8. The molecule has 4 heteroatoms. The van der Waals surface area contributed by atoms with Crippen molar-refractivity contribution in [2.45, 2.75) is 0 Å².